The van der Waals surface area contributed by atoms with Gasteiger partial charge in [-0.2, -0.15) is 5.26 Å². The van der Waals surface area contributed by atoms with E-state index < -0.39 is 23.0 Å². The average Bonchev–Trinajstić information content (AvgIpc) is 3.14. The fourth-order valence-corrected chi connectivity index (χ4v) is 3.00. The lowest BCUT2D eigenvalue weighted by molar-refractivity contribution is 0.103. The Hall–Kier alpha value is -4.05. The molecule has 0 aliphatic heterocycles. The highest BCUT2D eigenvalue weighted by Gasteiger charge is 2.23. The highest BCUT2D eigenvalue weighted by Crippen LogP contribution is 2.28. The fourth-order valence-electron chi connectivity index (χ4n) is 3.00. The van der Waals surface area contributed by atoms with Crippen molar-refractivity contribution in [2.24, 2.45) is 0 Å². The molecule has 0 saturated carbocycles. The summed E-state index contributed by atoms with van der Waals surface area (Å²) in [6.07, 6.45) is 2.97. The largest absolute Gasteiger partial charge is 0.396 e. The van der Waals surface area contributed by atoms with Crippen LogP contribution in [0.4, 0.5) is 14.5 Å². The first kappa shape index (κ1) is 17.4. The van der Waals surface area contributed by atoms with Gasteiger partial charge in [-0.05, 0) is 35.9 Å². The van der Waals surface area contributed by atoms with E-state index >= 15 is 0 Å². The van der Waals surface area contributed by atoms with Crippen LogP contribution >= 0.6 is 0 Å². The van der Waals surface area contributed by atoms with Gasteiger partial charge in [-0.3, -0.25) is 4.79 Å². The van der Waals surface area contributed by atoms with Crippen molar-refractivity contribution in [2.75, 3.05) is 5.73 Å². The van der Waals surface area contributed by atoms with Crippen molar-refractivity contribution in [1.82, 2.24) is 9.97 Å². The van der Waals surface area contributed by atoms with E-state index in [0.29, 0.717) is 22.2 Å². The zero-order valence-corrected chi connectivity index (χ0v) is 14.3. The number of carbonyl (C=O) groups excluding carboxylic acids is 1. The molecule has 5 nitrogen and oxygen atoms in total. The summed E-state index contributed by atoms with van der Waals surface area (Å²) in [6, 6.07) is 12.6. The van der Waals surface area contributed by atoms with Gasteiger partial charge >= 0.3 is 0 Å². The molecule has 3 N–H and O–H groups in total. The predicted octanol–water partition coefficient (Wildman–Crippen LogP) is 4.19. The van der Waals surface area contributed by atoms with E-state index in [0.717, 1.165) is 17.7 Å². The number of pyridine rings is 1. The molecule has 2 aromatic carbocycles. The van der Waals surface area contributed by atoms with Crippen LogP contribution in [-0.4, -0.2) is 15.8 Å². The van der Waals surface area contributed by atoms with E-state index in [1.54, 1.807) is 36.5 Å². The third-order valence-corrected chi connectivity index (χ3v) is 4.47. The number of nitrogens with zero attached hydrogens (tertiary/aromatic N) is 2. The molecular formula is C21H12F2N4O. The van der Waals surface area contributed by atoms with Crippen LogP contribution in [-0.2, 0) is 0 Å². The molecule has 136 valence electrons. The van der Waals surface area contributed by atoms with E-state index in [9.17, 15) is 13.6 Å². The Balaban J connectivity index is 1.84. The van der Waals surface area contributed by atoms with Gasteiger partial charge in [-0.15, -0.1) is 0 Å². The number of aromatic nitrogens is 2. The number of aromatic amines is 1. The van der Waals surface area contributed by atoms with Crippen LogP contribution < -0.4 is 5.73 Å². The molecule has 0 radical (unpaired) electrons. The molecule has 2 aromatic heterocycles. The quantitative estimate of drug-likeness (QED) is 0.415. The predicted molar refractivity (Wildman–Crippen MR) is 100 cm³/mol. The van der Waals surface area contributed by atoms with Gasteiger partial charge in [0.25, 0.3) is 0 Å². The SMILES string of the molecule is N#Cc1ccc(-c2cnc3[nH]cc(C(=O)c4c(F)ccc(N)c4F)c3c2)cc1. The van der Waals surface area contributed by atoms with Gasteiger partial charge in [0.05, 0.1) is 22.9 Å². The molecule has 0 amide bonds. The van der Waals surface area contributed by atoms with Crippen molar-refractivity contribution >= 4 is 22.5 Å². The Morgan fingerprint density at radius 1 is 1.11 bits per heavy atom. The van der Waals surface area contributed by atoms with Gasteiger partial charge in [0, 0.05) is 28.9 Å². The maximum absolute atomic E-state index is 14.3. The summed E-state index contributed by atoms with van der Waals surface area (Å²) in [4.78, 5) is 19.9. The van der Waals surface area contributed by atoms with Gasteiger partial charge in [0.15, 0.2) is 5.82 Å². The zero-order chi connectivity index (χ0) is 19.8. The highest BCUT2D eigenvalue weighted by molar-refractivity contribution is 6.16. The Labute approximate surface area is 158 Å². The summed E-state index contributed by atoms with van der Waals surface area (Å²) in [7, 11) is 0. The average molecular weight is 374 g/mol. The number of halogens is 2. The first-order valence-electron chi connectivity index (χ1n) is 8.25. The number of fused-ring (bicyclic) bond motifs is 1. The molecule has 0 spiro atoms. The smallest absolute Gasteiger partial charge is 0.201 e. The Morgan fingerprint density at radius 3 is 2.57 bits per heavy atom. The summed E-state index contributed by atoms with van der Waals surface area (Å²) in [6.45, 7) is 0. The molecule has 0 atom stereocenters. The monoisotopic (exact) mass is 374 g/mol. The number of nitriles is 1. The third-order valence-electron chi connectivity index (χ3n) is 4.47. The van der Waals surface area contributed by atoms with Crippen molar-refractivity contribution in [3.63, 3.8) is 0 Å². The van der Waals surface area contributed by atoms with E-state index in [1.807, 2.05) is 6.07 Å². The molecule has 7 heteroatoms. The standard InChI is InChI=1S/C21H12F2N4O/c22-16-5-6-17(25)19(23)18(16)20(28)15-10-27-21-14(15)7-13(9-26-21)12-3-1-11(8-24)2-4-12/h1-7,9-10H,25H2,(H,26,27). The number of hydrogen-bond donors (Lipinski definition) is 2. The Kier molecular flexibility index (Phi) is 4.09. The molecule has 0 aliphatic carbocycles. The first-order valence-corrected chi connectivity index (χ1v) is 8.25. The van der Waals surface area contributed by atoms with E-state index in [4.69, 9.17) is 11.0 Å². The number of H-pyrrole nitrogens is 1. The van der Waals surface area contributed by atoms with Gasteiger partial charge in [-0.1, -0.05) is 12.1 Å². The van der Waals surface area contributed by atoms with E-state index in [2.05, 4.69) is 9.97 Å². The minimum Gasteiger partial charge on any atom is -0.396 e. The molecular weight excluding hydrogens is 362 g/mol. The fraction of sp³-hybridized carbons (Fsp3) is 0. The van der Waals surface area contributed by atoms with Crippen LogP contribution in [0.2, 0.25) is 0 Å². The number of benzene rings is 2. The third kappa shape index (κ3) is 2.77. The number of nitrogen functional groups attached to an aromatic ring is 1. The molecule has 4 rings (SSSR count). The number of hydrogen-bond acceptors (Lipinski definition) is 4. The number of nitrogens with one attached hydrogen (secondary N) is 1. The maximum Gasteiger partial charge on any atom is 0.201 e. The number of nitrogens with two attached hydrogens (primary N) is 1. The normalized spacial score (nSPS) is 10.8. The van der Waals surface area contributed by atoms with Crippen molar-refractivity contribution in [3.8, 4) is 17.2 Å². The highest BCUT2D eigenvalue weighted by atomic mass is 19.1. The minimum absolute atomic E-state index is 0.0846. The maximum atomic E-state index is 14.3. The van der Waals surface area contributed by atoms with Crippen molar-refractivity contribution in [1.29, 1.82) is 5.26 Å². The van der Waals surface area contributed by atoms with Crippen LogP contribution in [0.1, 0.15) is 21.5 Å². The lowest BCUT2D eigenvalue weighted by Crippen LogP contribution is -2.09. The van der Waals surface area contributed by atoms with Crippen LogP contribution in [0.25, 0.3) is 22.2 Å². The molecule has 0 aliphatic rings. The number of anilines is 1. The van der Waals surface area contributed by atoms with Crippen LogP contribution in [0.3, 0.4) is 0 Å². The van der Waals surface area contributed by atoms with Gasteiger partial charge < -0.3 is 10.7 Å². The molecule has 0 saturated heterocycles. The van der Waals surface area contributed by atoms with Crippen molar-refractivity contribution in [3.05, 3.63) is 83.2 Å². The van der Waals surface area contributed by atoms with E-state index in [-0.39, 0.29) is 11.3 Å². The molecule has 0 bridgehead atoms. The minimum atomic E-state index is -1.09. The molecule has 4 aromatic rings. The molecule has 0 fully saturated rings. The zero-order valence-electron chi connectivity index (χ0n) is 14.3. The molecule has 28 heavy (non-hydrogen) atoms. The number of carbonyl (C=O) groups is 1. The number of ketones is 1. The van der Waals surface area contributed by atoms with Gasteiger partial charge in [0.2, 0.25) is 5.78 Å². The molecule has 0 unspecified atom stereocenters. The lowest BCUT2D eigenvalue weighted by atomic mass is 9.99. The van der Waals surface area contributed by atoms with Crippen LogP contribution in [0.15, 0.2) is 54.9 Å². The van der Waals surface area contributed by atoms with Crippen LogP contribution in [0, 0.1) is 23.0 Å². The summed E-state index contributed by atoms with van der Waals surface area (Å²) in [5.74, 6) is -2.90. The Morgan fingerprint density at radius 2 is 1.86 bits per heavy atom. The summed E-state index contributed by atoms with van der Waals surface area (Å²) in [5.41, 5.74) is 6.96. The number of rotatable bonds is 3. The summed E-state index contributed by atoms with van der Waals surface area (Å²) in [5, 5.41) is 9.33. The van der Waals surface area contributed by atoms with Crippen LogP contribution in [0.5, 0.6) is 0 Å². The summed E-state index contributed by atoms with van der Waals surface area (Å²) >= 11 is 0. The van der Waals surface area contributed by atoms with Crippen molar-refractivity contribution < 1.29 is 13.6 Å². The van der Waals surface area contributed by atoms with Gasteiger partial charge in [0.1, 0.15) is 11.5 Å². The first-order chi connectivity index (χ1) is 13.5. The molecule has 2 heterocycles. The topological polar surface area (TPSA) is 95.6 Å². The van der Waals surface area contributed by atoms with E-state index in [1.165, 1.54) is 6.20 Å². The second-order valence-electron chi connectivity index (χ2n) is 6.17. The van der Waals surface area contributed by atoms with Gasteiger partial charge in [-0.25, -0.2) is 13.8 Å². The lowest BCUT2D eigenvalue weighted by Gasteiger charge is -2.06. The Bertz CT molecular complexity index is 1270. The second-order valence-corrected chi connectivity index (χ2v) is 6.17. The second kappa shape index (κ2) is 6.59. The summed E-state index contributed by atoms with van der Waals surface area (Å²) < 4.78 is 28.4. The van der Waals surface area contributed by atoms with Crippen molar-refractivity contribution in [2.45, 2.75) is 0 Å².